The van der Waals surface area contributed by atoms with Crippen LogP contribution in [-0.4, -0.2) is 11.9 Å². The monoisotopic (exact) mass is 319 g/mol. The Labute approximate surface area is 113 Å². The molecule has 0 heterocycles. The molecule has 0 unspecified atom stereocenters. The zero-order chi connectivity index (χ0) is 12.0. The summed E-state index contributed by atoms with van der Waals surface area (Å²) in [5.74, 6) is 5.47. The van der Waals surface area contributed by atoms with Crippen molar-refractivity contribution in [3.63, 3.8) is 0 Å². The molecule has 87 valence electrons. The molecule has 17 heavy (non-hydrogen) atoms. The van der Waals surface area contributed by atoms with Gasteiger partial charge in [0.05, 0.1) is 0 Å². The van der Waals surface area contributed by atoms with E-state index in [1.165, 1.54) is 24.3 Å². The second-order valence-corrected chi connectivity index (χ2v) is 2.65. The minimum Gasteiger partial charge on any atom is -0.537 e. The zero-order valence-corrected chi connectivity index (χ0v) is 9.73. The maximum atomic E-state index is 10.0. The van der Waals surface area contributed by atoms with Gasteiger partial charge in [-0.25, -0.2) is 0 Å². The molecule has 0 N–H and O–H groups in total. The van der Waals surface area contributed by atoms with Gasteiger partial charge < -0.3 is 19.8 Å². The summed E-state index contributed by atoms with van der Waals surface area (Å²) in [6, 6.07) is 6.09. The molecular weight excluding hydrogens is 316 g/mol. The summed E-state index contributed by atoms with van der Waals surface area (Å²) in [6.07, 6.45) is 0. The average molecular weight is 320 g/mol. The standard InChI is InChI=1S/C12H6O4.Ag/c13-11(14)7-5-9-1-2-10(4-3-9)6-8-12(15)16;/h1-4H,(H,13,14)(H,15,16);/q;+2/p-2. The molecule has 0 amide bonds. The van der Waals surface area contributed by atoms with Crippen molar-refractivity contribution in [2.75, 3.05) is 0 Å². The summed E-state index contributed by atoms with van der Waals surface area (Å²) >= 11 is 0. The van der Waals surface area contributed by atoms with Gasteiger partial charge in [0.2, 0.25) is 0 Å². The molecule has 5 heteroatoms. The Morgan fingerprint density at radius 1 is 0.824 bits per heavy atom. The first-order valence-corrected chi connectivity index (χ1v) is 4.14. The number of carboxylic acids is 2. The summed E-state index contributed by atoms with van der Waals surface area (Å²) in [5, 5.41) is 20.1. The van der Waals surface area contributed by atoms with Gasteiger partial charge in [-0.2, -0.15) is 0 Å². The fourth-order valence-corrected chi connectivity index (χ4v) is 0.883. The summed E-state index contributed by atoms with van der Waals surface area (Å²) in [4.78, 5) is 20.1. The summed E-state index contributed by atoms with van der Waals surface area (Å²) in [5.41, 5.74) is 0.950. The molecular formula is C12H4AgO4. The van der Waals surface area contributed by atoms with Crippen LogP contribution in [0.5, 0.6) is 0 Å². The largest absolute Gasteiger partial charge is 2.00 e. The normalized spacial score (nSPS) is 7.53. The fourth-order valence-electron chi connectivity index (χ4n) is 0.883. The molecule has 0 atom stereocenters. The van der Waals surface area contributed by atoms with Gasteiger partial charge in [-0.05, 0) is 36.1 Å². The van der Waals surface area contributed by atoms with Gasteiger partial charge in [0.1, 0.15) is 11.9 Å². The minimum absolute atomic E-state index is 0. The van der Waals surface area contributed by atoms with Crippen LogP contribution < -0.4 is 10.2 Å². The quantitative estimate of drug-likeness (QED) is 0.405. The first kappa shape index (κ1) is 15.0. The maximum Gasteiger partial charge on any atom is 2.00 e. The van der Waals surface area contributed by atoms with Crippen LogP contribution in [0.4, 0.5) is 0 Å². The smallest absolute Gasteiger partial charge is 0.537 e. The Hall–Kier alpha value is -1.98. The number of carbonyl (C=O) groups is 2. The van der Waals surface area contributed by atoms with E-state index in [4.69, 9.17) is 0 Å². The van der Waals surface area contributed by atoms with E-state index in [0.717, 1.165) is 0 Å². The Morgan fingerprint density at radius 2 is 1.12 bits per heavy atom. The molecule has 4 nitrogen and oxygen atoms in total. The van der Waals surface area contributed by atoms with Crippen molar-refractivity contribution in [3.8, 4) is 23.7 Å². The van der Waals surface area contributed by atoms with E-state index < -0.39 is 11.9 Å². The van der Waals surface area contributed by atoms with Crippen LogP contribution in [0.3, 0.4) is 0 Å². The van der Waals surface area contributed by atoms with E-state index in [1.54, 1.807) is 0 Å². The van der Waals surface area contributed by atoms with Crippen molar-refractivity contribution in [2.24, 2.45) is 0 Å². The van der Waals surface area contributed by atoms with E-state index >= 15 is 0 Å². The number of benzene rings is 1. The van der Waals surface area contributed by atoms with Gasteiger partial charge in [-0.3, -0.25) is 0 Å². The van der Waals surface area contributed by atoms with E-state index in [1.807, 2.05) is 11.8 Å². The van der Waals surface area contributed by atoms with Crippen LogP contribution in [0.25, 0.3) is 0 Å². The summed E-state index contributed by atoms with van der Waals surface area (Å²) in [6.45, 7) is 0. The number of aliphatic carboxylic acids is 2. The number of hydrogen-bond donors (Lipinski definition) is 0. The van der Waals surface area contributed by atoms with Gasteiger partial charge in [0, 0.05) is 11.1 Å². The fraction of sp³-hybridized carbons (Fsp3) is 0. The Balaban J connectivity index is 0.00000256. The van der Waals surface area contributed by atoms with Crippen molar-refractivity contribution in [1.82, 2.24) is 0 Å². The predicted octanol–water partition coefficient (Wildman–Crippen LogP) is -2.11. The first-order valence-electron chi connectivity index (χ1n) is 4.14. The number of rotatable bonds is 0. The second-order valence-electron chi connectivity index (χ2n) is 2.65. The molecule has 1 aromatic rings. The molecule has 0 bridgehead atoms. The molecule has 1 aromatic carbocycles. The third-order valence-corrected chi connectivity index (χ3v) is 1.50. The van der Waals surface area contributed by atoms with Crippen LogP contribution in [0.1, 0.15) is 11.1 Å². The van der Waals surface area contributed by atoms with Gasteiger partial charge in [0.25, 0.3) is 0 Å². The van der Waals surface area contributed by atoms with E-state index in [0.29, 0.717) is 11.1 Å². The van der Waals surface area contributed by atoms with Gasteiger partial charge >= 0.3 is 22.4 Å². The maximum absolute atomic E-state index is 10.0. The number of carboxylic acid groups (broad SMARTS) is 2. The Kier molecular flexibility index (Phi) is 6.47. The third-order valence-electron chi connectivity index (χ3n) is 1.50. The zero-order valence-electron chi connectivity index (χ0n) is 8.24. The van der Waals surface area contributed by atoms with Crippen molar-refractivity contribution < 1.29 is 42.2 Å². The van der Waals surface area contributed by atoms with Crippen LogP contribution in [0, 0.1) is 23.7 Å². The van der Waals surface area contributed by atoms with E-state index in [9.17, 15) is 19.8 Å². The molecule has 0 aromatic heterocycles. The van der Waals surface area contributed by atoms with Gasteiger partial charge in [0.15, 0.2) is 0 Å². The predicted molar refractivity (Wildman–Crippen MR) is 50.2 cm³/mol. The van der Waals surface area contributed by atoms with Crippen molar-refractivity contribution in [1.29, 1.82) is 0 Å². The Morgan fingerprint density at radius 3 is 1.35 bits per heavy atom. The molecule has 1 rings (SSSR count). The molecule has 1 radical (unpaired) electrons. The Bertz CT molecular complexity index is 487. The van der Waals surface area contributed by atoms with Crippen molar-refractivity contribution in [2.45, 2.75) is 0 Å². The number of carbonyl (C=O) groups excluding carboxylic acids is 2. The summed E-state index contributed by atoms with van der Waals surface area (Å²) in [7, 11) is 0. The van der Waals surface area contributed by atoms with Crippen molar-refractivity contribution in [3.05, 3.63) is 35.4 Å². The van der Waals surface area contributed by atoms with Crippen LogP contribution >= 0.6 is 0 Å². The molecule has 0 aliphatic carbocycles. The molecule has 0 aliphatic heterocycles. The second kappa shape index (κ2) is 7.32. The minimum atomic E-state index is -1.46. The number of hydrogen-bond acceptors (Lipinski definition) is 4. The molecule has 0 saturated heterocycles. The molecule has 0 aliphatic rings. The average Bonchev–Trinajstić information content (AvgIpc) is 2.25. The van der Waals surface area contributed by atoms with Crippen molar-refractivity contribution >= 4 is 11.9 Å². The molecule has 0 fully saturated rings. The van der Waals surface area contributed by atoms with Gasteiger partial charge in [-0.1, -0.05) is 11.8 Å². The first-order chi connectivity index (χ1) is 7.58. The SMILES string of the molecule is O=C([O-])C#Cc1ccc(C#CC(=O)[O-])cc1.[Ag+2]. The van der Waals surface area contributed by atoms with Crippen LogP contribution in [0.15, 0.2) is 24.3 Å². The van der Waals surface area contributed by atoms with Crippen LogP contribution in [-0.2, 0) is 32.0 Å². The third kappa shape index (κ3) is 6.24. The summed E-state index contributed by atoms with van der Waals surface area (Å²) < 4.78 is 0. The molecule has 0 saturated carbocycles. The topological polar surface area (TPSA) is 80.3 Å². The van der Waals surface area contributed by atoms with Crippen LogP contribution in [0.2, 0.25) is 0 Å². The van der Waals surface area contributed by atoms with E-state index in [2.05, 4.69) is 11.8 Å². The van der Waals surface area contributed by atoms with Gasteiger partial charge in [-0.15, -0.1) is 0 Å². The molecule has 0 spiro atoms. The van der Waals surface area contributed by atoms with E-state index in [-0.39, 0.29) is 22.4 Å².